The van der Waals surface area contributed by atoms with Crippen molar-refractivity contribution < 1.29 is 4.79 Å². The Morgan fingerprint density at radius 3 is 2.65 bits per heavy atom. The van der Waals surface area contributed by atoms with Crippen molar-refractivity contribution in [3.05, 3.63) is 35.4 Å². The normalized spacial score (nSPS) is 18.4. The van der Waals surface area contributed by atoms with Gasteiger partial charge in [-0.15, -0.1) is 0 Å². The molecule has 0 aliphatic carbocycles. The molecule has 0 unspecified atom stereocenters. The number of benzene rings is 1. The van der Waals surface area contributed by atoms with Crippen LogP contribution in [-0.4, -0.2) is 28.9 Å². The number of hydrogen-bond acceptors (Lipinski definition) is 2. The van der Waals surface area contributed by atoms with Crippen molar-refractivity contribution in [2.45, 2.75) is 33.1 Å². The minimum absolute atomic E-state index is 0.0841. The second kappa shape index (κ2) is 5.92. The number of carbonyl (C=O) groups excluding carboxylic acids is 1. The molecule has 2 N–H and O–H groups in total. The standard InChI is InChI=1S/C16H22N2OS/c1-16(2)7-4-9-18(10-8-16)15(19)13-6-3-5-12(11-13)14(17)20/h3,5-6,11H,4,7-10H2,1-2H3,(H2,17,20). The van der Waals surface area contributed by atoms with Gasteiger partial charge < -0.3 is 10.6 Å². The van der Waals surface area contributed by atoms with E-state index in [1.165, 1.54) is 6.42 Å². The molecular formula is C16H22N2OS. The van der Waals surface area contributed by atoms with E-state index < -0.39 is 0 Å². The van der Waals surface area contributed by atoms with Crippen molar-refractivity contribution >= 4 is 23.1 Å². The molecule has 0 spiro atoms. The van der Waals surface area contributed by atoms with Gasteiger partial charge in [0.1, 0.15) is 4.99 Å². The number of carbonyl (C=O) groups is 1. The zero-order valence-electron chi connectivity index (χ0n) is 12.2. The average molecular weight is 290 g/mol. The zero-order chi connectivity index (χ0) is 14.8. The molecule has 4 heteroatoms. The van der Waals surface area contributed by atoms with Crippen LogP contribution in [0.1, 0.15) is 49.0 Å². The van der Waals surface area contributed by atoms with Crippen molar-refractivity contribution in [3.8, 4) is 0 Å². The smallest absolute Gasteiger partial charge is 0.253 e. The van der Waals surface area contributed by atoms with E-state index in [0.29, 0.717) is 16.0 Å². The first-order chi connectivity index (χ1) is 9.39. The summed E-state index contributed by atoms with van der Waals surface area (Å²) < 4.78 is 0. The molecule has 1 aromatic rings. The van der Waals surface area contributed by atoms with Crippen LogP contribution in [0.4, 0.5) is 0 Å². The maximum absolute atomic E-state index is 12.6. The van der Waals surface area contributed by atoms with Crippen LogP contribution < -0.4 is 5.73 Å². The van der Waals surface area contributed by atoms with E-state index in [4.69, 9.17) is 18.0 Å². The minimum atomic E-state index is 0.0841. The van der Waals surface area contributed by atoms with Crippen LogP contribution in [0.25, 0.3) is 0 Å². The molecule has 0 radical (unpaired) electrons. The van der Waals surface area contributed by atoms with Crippen LogP contribution in [-0.2, 0) is 0 Å². The first-order valence-corrected chi connectivity index (χ1v) is 7.49. The molecule has 1 aromatic carbocycles. The molecule has 0 aromatic heterocycles. The summed E-state index contributed by atoms with van der Waals surface area (Å²) in [7, 11) is 0. The first-order valence-electron chi connectivity index (χ1n) is 7.08. The first kappa shape index (κ1) is 15.0. The molecular weight excluding hydrogens is 268 g/mol. The highest BCUT2D eigenvalue weighted by molar-refractivity contribution is 7.80. The van der Waals surface area contributed by atoms with Crippen molar-refractivity contribution in [2.24, 2.45) is 11.1 Å². The predicted octanol–water partition coefficient (Wildman–Crippen LogP) is 2.97. The van der Waals surface area contributed by atoms with Gasteiger partial charge in [-0.3, -0.25) is 4.79 Å². The number of thiocarbonyl (C=S) groups is 1. The van der Waals surface area contributed by atoms with Gasteiger partial charge in [-0.1, -0.05) is 38.2 Å². The predicted molar refractivity (Wildman–Crippen MR) is 85.9 cm³/mol. The van der Waals surface area contributed by atoms with Crippen molar-refractivity contribution in [1.82, 2.24) is 4.90 Å². The van der Waals surface area contributed by atoms with Gasteiger partial charge in [0, 0.05) is 24.2 Å². The van der Waals surface area contributed by atoms with Crippen LogP contribution in [0.2, 0.25) is 0 Å². The molecule has 1 aliphatic heterocycles. The van der Waals surface area contributed by atoms with E-state index in [2.05, 4.69) is 13.8 Å². The SMILES string of the molecule is CC1(C)CCCN(C(=O)c2cccc(C(N)=S)c2)CC1. The number of rotatable bonds is 2. The largest absolute Gasteiger partial charge is 0.389 e. The summed E-state index contributed by atoms with van der Waals surface area (Å²) in [6.07, 6.45) is 3.28. The van der Waals surface area contributed by atoms with E-state index in [9.17, 15) is 4.79 Å². The lowest BCUT2D eigenvalue weighted by atomic mass is 9.85. The summed E-state index contributed by atoms with van der Waals surface area (Å²) in [4.78, 5) is 14.9. The highest BCUT2D eigenvalue weighted by Gasteiger charge is 2.25. The molecule has 1 fully saturated rings. The van der Waals surface area contributed by atoms with Gasteiger partial charge in [-0.25, -0.2) is 0 Å². The Balaban J connectivity index is 2.15. The average Bonchev–Trinajstić information content (AvgIpc) is 2.59. The summed E-state index contributed by atoms with van der Waals surface area (Å²) in [6.45, 7) is 6.20. The summed E-state index contributed by atoms with van der Waals surface area (Å²) in [5.41, 5.74) is 7.38. The second-order valence-corrected chi connectivity index (χ2v) is 6.69. The quantitative estimate of drug-likeness (QED) is 0.852. The van der Waals surface area contributed by atoms with Gasteiger partial charge in [-0.05, 0) is 36.8 Å². The van der Waals surface area contributed by atoms with Gasteiger partial charge >= 0.3 is 0 Å². The molecule has 1 saturated heterocycles. The van der Waals surface area contributed by atoms with Crippen molar-refractivity contribution in [3.63, 3.8) is 0 Å². The van der Waals surface area contributed by atoms with Gasteiger partial charge in [-0.2, -0.15) is 0 Å². The van der Waals surface area contributed by atoms with E-state index in [0.717, 1.165) is 31.5 Å². The monoisotopic (exact) mass is 290 g/mol. The highest BCUT2D eigenvalue weighted by atomic mass is 32.1. The Kier molecular flexibility index (Phi) is 4.43. The Labute approximate surface area is 126 Å². The van der Waals surface area contributed by atoms with Gasteiger partial charge in [0.05, 0.1) is 0 Å². The lowest BCUT2D eigenvalue weighted by Gasteiger charge is -2.23. The molecule has 108 valence electrons. The lowest BCUT2D eigenvalue weighted by molar-refractivity contribution is 0.0757. The number of nitrogens with zero attached hydrogens (tertiary/aromatic N) is 1. The van der Waals surface area contributed by atoms with E-state index in [-0.39, 0.29) is 5.91 Å². The third-order valence-electron chi connectivity index (χ3n) is 4.02. The Morgan fingerprint density at radius 1 is 1.25 bits per heavy atom. The van der Waals surface area contributed by atoms with E-state index >= 15 is 0 Å². The van der Waals surface area contributed by atoms with Crippen LogP contribution in [0.15, 0.2) is 24.3 Å². The lowest BCUT2D eigenvalue weighted by Crippen LogP contribution is -2.32. The molecule has 1 aliphatic rings. The maximum Gasteiger partial charge on any atom is 0.253 e. The fourth-order valence-corrected chi connectivity index (χ4v) is 2.74. The fraction of sp³-hybridized carbons (Fsp3) is 0.500. The van der Waals surface area contributed by atoms with Gasteiger partial charge in [0.2, 0.25) is 0 Å². The molecule has 0 bridgehead atoms. The molecule has 0 saturated carbocycles. The minimum Gasteiger partial charge on any atom is -0.389 e. The summed E-state index contributed by atoms with van der Waals surface area (Å²) in [5, 5.41) is 0. The van der Waals surface area contributed by atoms with Crippen LogP contribution in [0.3, 0.4) is 0 Å². The molecule has 1 amide bonds. The summed E-state index contributed by atoms with van der Waals surface area (Å²) >= 11 is 4.97. The molecule has 3 nitrogen and oxygen atoms in total. The molecule has 1 heterocycles. The zero-order valence-corrected chi connectivity index (χ0v) is 13.0. The van der Waals surface area contributed by atoms with Crippen LogP contribution in [0.5, 0.6) is 0 Å². The van der Waals surface area contributed by atoms with E-state index in [1.54, 1.807) is 6.07 Å². The summed E-state index contributed by atoms with van der Waals surface area (Å²) in [6, 6.07) is 7.30. The fourth-order valence-electron chi connectivity index (χ4n) is 2.61. The van der Waals surface area contributed by atoms with Gasteiger partial charge in [0.15, 0.2) is 0 Å². The van der Waals surface area contributed by atoms with Crippen LogP contribution in [0, 0.1) is 5.41 Å². The third kappa shape index (κ3) is 3.57. The van der Waals surface area contributed by atoms with Crippen LogP contribution >= 0.6 is 12.2 Å². The summed E-state index contributed by atoms with van der Waals surface area (Å²) in [5.74, 6) is 0.0841. The molecule has 20 heavy (non-hydrogen) atoms. The Hall–Kier alpha value is -1.42. The number of nitrogens with two attached hydrogens (primary N) is 1. The molecule has 2 rings (SSSR count). The second-order valence-electron chi connectivity index (χ2n) is 6.26. The third-order valence-corrected chi connectivity index (χ3v) is 4.26. The Bertz CT molecular complexity index is 525. The number of amides is 1. The maximum atomic E-state index is 12.6. The topological polar surface area (TPSA) is 46.3 Å². The van der Waals surface area contributed by atoms with Crippen molar-refractivity contribution in [1.29, 1.82) is 0 Å². The number of hydrogen-bond donors (Lipinski definition) is 1. The Morgan fingerprint density at radius 2 is 1.95 bits per heavy atom. The highest BCUT2D eigenvalue weighted by Crippen LogP contribution is 2.30. The van der Waals surface area contributed by atoms with Gasteiger partial charge in [0.25, 0.3) is 5.91 Å². The van der Waals surface area contributed by atoms with Crippen molar-refractivity contribution in [2.75, 3.05) is 13.1 Å². The van der Waals surface area contributed by atoms with E-state index in [1.807, 2.05) is 23.1 Å². The number of likely N-dealkylation sites (tertiary alicyclic amines) is 1. The molecule has 0 atom stereocenters.